The second-order valence-electron chi connectivity index (χ2n) is 4.95. The van der Waals surface area contributed by atoms with Crippen LogP contribution in [0.15, 0.2) is 18.2 Å². The Bertz CT molecular complexity index is 426. The van der Waals surface area contributed by atoms with Gasteiger partial charge in [-0.05, 0) is 25.0 Å². The van der Waals surface area contributed by atoms with Gasteiger partial charge in [-0.2, -0.15) is 0 Å². The molecule has 4 nitrogen and oxygen atoms in total. The van der Waals surface area contributed by atoms with Crippen LogP contribution in [-0.4, -0.2) is 42.5 Å². The molecular formula is C14H20Cl2N2O2. The van der Waals surface area contributed by atoms with Gasteiger partial charge in [0.2, 0.25) is 0 Å². The van der Waals surface area contributed by atoms with Crippen molar-refractivity contribution in [3.05, 3.63) is 28.2 Å². The summed E-state index contributed by atoms with van der Waals surface area (Å²) in [4.78, 5) is 0. The monoisotopic (exact) mass is 318 g/mol. The fourth-order valence-corrected chi connectivity index (χ4v) is 2.45. The molecule has 2 rings (SSSR count). The van der Waals surface area contributed by atoms with E-state index >= 15 is 0 Å². The molecule has 1 fully saturated rings. The molecule has 112 valence electrons. The number of piperidine rings is 1. The Morgan fingerprint density at radius 2 is 2.00 bits per heavy atom. The number of ether oxygens (including phenoxy) is 1. The minimum absolute atomic E-state index is 0.181. The average molecular weight is 319 g/mol. The predicted octanol–water partition coefficient (Wildman–Crippen LogP) is 2.72. The van der Waals surface area contributed by atoms with Crippen LogP contribution < -0.4 is 10.2 Å². The van der Waals surface area contributed by atoms with E-state index in [-0.39, 0.29) is 6.61 Å². The summed E-state index contributed by atoms with van der Waals surface area (Å²) in [6.45, 7) is 2.72. The number of aliphatic hydroxyl groups is 1. The molecule has 1 unspecified atom stereocenters. The van der Waals surface area contributed by atoms with Crippen LogP contribution in [0.3, 0.4) is 0 Å². The zero-order chi connectivity index (χ0) is 14.4. The van der Waals surface area contributed by atoms with Gasteiger partial charge in [-0.3, -0.25) is 5.43 Å². The highest BCUT2D eigenvalue weighted by Crippen LogP contribution is 2.27. The highest BCUT2D eigenvalue weighted by Gasteiger charge is 2.12. The van der Waals surface area contributed by atoms with Gasteiger partial charge in [0.15, 0.2) is 0 Å². The molecule has 1 atom stereocenters. The van der Waals surface area contributed by atoms with Gasteiger partial charge in [0.25, 0.3) is 0 Å². The number of hydrazine groups is 1. The molecule has 0 saturated carbocycles. The summed E-state index contributed by atoms with van der Waals surface area (Å²) in [5.41, 5.74) is 3.23. The highest BCUT2D eigenvalue weighted by molar-refractivity contribution is 6.34. The van der Waals surface area contributed by atoms with Crippen LogP contribution in [0.2, 0.25) is 10.0 Å². The summed E-state index contributed by atoms with van der Waals surface area (Å²) in [7, 11) is 0. The van der Waals surface area contributed by atoms with E-state index in [4.69, 9.17) is 27.9 Å². The molecular weight excluding hydrogens is 299 g/mol. The Morgan fingerprint density at radius 1 is 1.25 bits per heavy atom. The molecule has 0 aliphatic carbocycles. The third-order valence-electron chi connectivity index (χ3n) is 3.23. The zero-order valence-corrected chi connectivity index (χ0v) is 12.8. The van der Waals surface area contributed by atoms with E-state index in [1.165, 1.54) is 19.3 Å². The van der Waals surface area contributed by atoms with Crippen molar-refractivity contribution >= 4 is 23.2 Å². The van der Waals surface area contributed by atoms with E-state index in [1.54, 1.807) is 18.2 Å². The summed E-state index contributed by atoms with van der Waals surface area (Å²) in [5, 5.41) is 13.1. The lowest BCUT2D eigenvalue weighted by Gasteiger charge is -2.28. The van der Waals surface area contributed by atoms with Crippen LogP contribution in [0, 0.1) is 0 Å². The summed E-state index contributed by atoms with van der Waals surface area (Å²) in [6, 6.07) is 5.03. The molecule has 1 aromatic carbocycles. The normalized spacial score (nSPS) is 17.9. The van der Waals surface area contributed by atoms with Crippen LogP contribution in [-0.2, 0) is 0 Å². The first-order valence-electron chi connectivity index (χ1n) is 6.89. The lowest BCUT2D eigenvalue weighted by Crippen LogP contribution is -2.46. The minimum Gasteiger partial charge on any atom is -0.489 e. The largest absolute Gasteiger partial charge is 0.489 e. The van der Waals surface area contributed by atoms with Crippen molar-refractivity contribution in [1.82, 2.24) is 10.4 Å². The third-order valence-corrected chi connectivity index (χ3v) is 3.78. The van der Waals surface area contributed by atoms with Gasteiger partial charge in [-0.1, -0.05) is 29.6 Å². The molecule has 0 spiro atoms. The molecule has 0 bridgehead atoms. The van der Waals surface area contributed by atoms with Crippen LogP contribution in [0.25, 0.3) is 0 Å². The number of halogens is 2. The quantitative estimate of drug-likeness (QED) is 0.846. The molecule has 0 amide bonds. The van der Waals surface area contributed by atoms with Gasteiger partial charge in [-0.25, -0.2) is 5.01 Å². The standard InChI is InChI=1S/C14H20Cl2N2O2/c15-11-4-5-13(16)14(8-11)20-10-12(19)9-17-18-6-2-1-3-7-18/h4-5,8,12,17,19H,1-3,6-7,9-10H2. The fraction of sp³-hybridized carbons (Fsp3) is 0.571. The number of benzene rings is 1. The second-order valence-corrected chi connectivity index (χ2v) is 5.79. The van der Waals surface area contributed by atoms with E-state index in [1.807, 2.05) is 0 Å². The summed E-state index contributed by atoms with van der Waals surface area (Å²) >= 11 is 11.9. The van der Waals surface area contributed by atoms with Crippen molar-refractivity contribution in [3.8, 4) is 5.75 Å². The molecule has 6 heteroatoms. The van der Waals surface area contributed by atoms with Gasteiger partial charge in [0.05, 0.1) is 5.02 Å². The SMILES string of the molecule is OC(CNN1CCCCC1)COc1cc(Cl)ccc1Cl. The van der Waals surface area contributed by atoms with E-state index < -0.39 is 6.10 Å². The topological polar surface area (TPSA) is 44.7 Å². The van der Waals surface area contributed by atoms with Crippen molar-refractivity contribution < 1.29 is 9.84 Å². The highest BCUT2D eigenvalue weighted by atomic mass is 35.5. The number of hydrogen-bond acceptors (Lipinski definition) is 4. The minimum atomic E-state index is -0.591. The maximum atomic E-state index is 9.91. The molecule has 1 saturated heterocycles. The maximum Gasteiger partial charge on any atom is 0.139 e. The van der Waals surface area contributed by atoms with Crippen molar-refractivity contribution in [2.24, 2.45) is 0 Å². The molecule has 2 N–H and O–H groups in total. The molecule has 1 heterocycles. The maximum absolute atomic E-state index is 9.91. The molecule has 1 aliphatic heterocycles. The van der Waals surface area contributed by atoms with Crippen LogP contribution in [0.1, 0.15) is 19.3 Å². The molecule has 0 radical (unpaired) electrons. The number of nitrogens with zero attached hydrogens (tertiary/aromatic N) is 1. The van der Waals surface area contributed by atoms with Crippen LogP contribution in [0.5, 0.6) is 5.75 Å². The van der Waals surface area contributed by atoms with Crippen molar-refractivity contribution in [2.75, 3.05) is 26.2 Å². The van der Waals surface area contributed by atoms with Gasteiger partial charge in [-0.15, -0.1) is 0 Å². The third kappa shape index (κ3) is 5.11. The Kier molecular flexibility index (Phi) is 6.39. The average Bonchev–Trinajstić information content (AvgIpc) is 2.47. The Labute approximate surface area is 129 Å². The second kappa shape index (κ2) is 8.05. The summed E-state index contributed by atoms with van der Waals surface area (Å²) < 4.78 is 5.49. The van der Waals surface area contributed by atoms with E-state index in [2.05, 4.69) is 10.4 Å². The molecule has 1 aromatic rings. The fourth-order valence-electron chi connectivity index (χ4n) is 2.12. The first kappa shape index (κ1) is 15.9. The van der Waals surface area contributed by atoms with Crippen molar-refractivity contribution in [3.63, 3.8) is 0 Å². The van der Waals surface area contributed by atoms with E-state index in [9.17, 15) is 5.11 Å². The zero-order valence-electron chi connectivity index (χ0n) is 11.3. The van der Waals surface area contributed by atoms with Crippen LogP contribution in [0.4, 0.5) is 0 Å². The van der Waals surface area contributed by atoms with Crippen molar-refractivity contribution in [1.29, 1.82) is 0 Å². The predicted molar refractivity (Wildman–Crippen MR) is 81.4 cm³/mol. The Morgan fingerprint density at radius 3 is 2.75 bits per heavy atom. The van der Waals surface area contributed by atoms with Gasteiger partial charge < -0.3 is 9.84 Å². The number of nitrogens with one attached hydrogen (secondary N) is 1. The van der Waals surface area contributed by atoms with Gasteiger partial charge in [0.1, 0.15) is 18.5 Å². The van der Waals surface area contributed by atoms with E-state index in [0.29, 0.717) is 22.3 Å². The van der Waals surface area contributed by atoms with Crippen LogP contribution >= 0.6 is 23.2 Å². The van der Waals surface area contributed by atoms with E-state index in [0.717, 1.165) is 13.1 Å². The Balaban J connectivity index is 1.71. The molecule has 1 aliphatic rings. The first-order valence-corrected chi connectivity index (χ1v) is 7.65. The first-order chi connectivity index (χ1) is 9.65. The van der Waals surface area contributed by atoms with Gasteiger partial charge in [0, 0.05) is 30.7 Å². The number of aliphatic hydroxyl groups excluding tert-OH is 1. The molecule has 20 heavy (non-hydrogen) atoms. The number of hydrogen-bond donors (Lipinski definition) is 2. The smallest absolute Gasteiger partial charge is 0.139 e. The van der Waals surface area contributed by atoms with Crippen molar-refractivity contribution in [2.45, 2.75) is 25.4 Å². The Hall–Kier alpha value is -0.520. The summed E-state index contributed by atoms with van der Waals surface area (Å²) in [5.74, 6) is 0.496. The summed E-state index contributed by atoms with van der Waals surface area (Å²) in [6.07, 6.45) is 3.11. The lowest BCUT2D eigenvalue weighted by atomic mass is 10.2. The number of rotatable bonds is 6. The lowest BCUT2D eigenvalue weighted by molar-refractivity contribution is 0.0684. The molecule has 0 aromatic heterocycles. The van der Waals surface area contributed by atoms with Gasteiger partial charge >= 0.3 is 0 Å².